The zero-order valence-corrected chi connectivity index (χ0v) is 8.92. The van der Waals surface area contributed by atoms with E-state index in [0.717, 1.165) is 15.6 Å². The van der Waals surface area contributed by atoms with Crippen molar-refractivity contribution in [1.29, 1.82) is 0 Å². The fourth-order valence-electron chi connectivity index (χ4n) is 0.699. The van der Waals surface area contributed by atoms with Crippen molar-refractivity contribution in [3.63, 3.8) is 0 Å². The van der Waals surface area contributed by atoms with E-state index < -0.39 is 4.92 Å². The molecule has 0 aliphatic carbocycles. The van der Waals surface area contributed by atoms with Gasteiger partial charge in [0.15, 0.2) is 0 Å². The molecule has 0 heterocycles. The molecule has 0 N–H and O–H groups in total. The molecular weight excluding hydrogens is 254 g/mol. The van der Waals surface area contributed by atoms with Crippen LogP contribution in [0.5, 0.6) is 0 Å². The summed E-state index contributed by atoms with van der Waals surface area (Å²) in [6.07, 6.45) is 0.922. The fraction of sp³-hybridized carbons (Fsp3) is 0. The van der Waals surface area contributed by atoms with Crippen LogP contribution in [0.2, 0.25) is 0 Å². The van der Waals surface area contributed by atoms with Crippen LogP contribution in [0, 0.1) is 10.1 Å². The summed E-state index contributed by atoms with van der Waals surface area (Å²) in [5.74, 6) is 0. The van der Waals surface area contributed by atoms with Crippen LogP contribution in [-0.2, 0) is 0 Å². The Bertz CT molecular complexity index is 341. The van der Waals surface area contributed by atoms with E-state index in [-0.39, 0.29) is 0 Å². The Kier molecular flexibility index (Phi) is 3.98. The number of halogens is 1. The lowest BCUT2D eigenvalue weighted by molar-refractivity contribution is -0.402. The summed E-state index contributed by atoms with van der Waals surface area (Å²) in [5, 5.41) is 11.4. The van der Waals surface area contributed by atoms with Gasteiger partial charge in [-0.15, -0.1) is 0 Å². The number of rotatable bonds is 3. The molecule has 0 radical (unpaired) electrons. The van der Waals surface area contributed by atoms with Gasteiger partial charge in [-0.1, -0.05) is 33.8 Å². The van der Waals surface area contributed by atoms with Crippen LogP contribution in [0.4, 0.5) is 0 Å². The molecule has 1 aromatic carbocycles. The normalized spacial score (nSPS) is 10.5. The van der Waals surface area contributed by atoms with E-state index in [2.05, 4.69) is 15.9 Å². The minimum absolute atomic E-state index is 0.481. The van der Waals surface area contributed by atoms with Crippen molar-refractivity contribution in [3.8, 4) is 0 Å². The summed E-state index contributed by atoms with van der Waals surface area (Å²) in [7, 11) is 0. The van der Waals surface area contributed by atoms with Gasteiger partial charge in [0.05, 0.1) is 4.92 Å². The molecule has 0 saturated carbocycles. The molecule has 1 aromatic rings. The third-order valence-corrected chi connectivity index (χ3v) is 2.46. The summed E-state index contributed by atoms with van der Waals surface area (Å²) >= 11 is 4.62. The summed E-state index contributed by atoms with van der Waals surface area (Å²) in [5.41, 5.74) is 0. The van der Waals surface area contributed by atoms with Gasteiger partial charge < -0.3 is 0 Å². The zero-order valence-electron chi connectivity index (χ0n) is 6.51. The van der Waals surface area contributed by atoms with Gasteiger partial charge in [-0.3, -0.25) is 10.1 Å². The molecule has 0 unspecified atom stereocenters. The molecule has 0 saturated heterocycles. The Morgan fingerprint density at radius 3 is 2.92 bits per heavy atom. The lowest BCUT2D eigenvalue weighted by Gasteiger charge is -1.94. The molecular formula is C8H6BrNO2S. The highest BCUT2D eigenvalue weighted by Crippen LogP contribution is 2.22. The molecule has 0 atom stereocenters. The molecule has 0 aromatic heterocycles. The van der Waals surface area contributed by atoms with E-state index in [9.17, 15) is 10.1 Å². The van der Waals surface area contributed by atoms with Gasteiger partial charge in [-0.05, 0) is 18.2 Å². The first-order chi connectivity index (χ1) is 6.18. The first-order valence-corrected chi connectivity index (χ1v) is 5.08. The van der Waals surface area contributed by atoms with E-state index in [4.69, 9.17) is 0 Å². The highest BCUT2D eigenvalue weighted by Gasteiger charge is 1.92. The molecule has 0 aliphatic rings. The molecule has 0 amide bonds. The number of thioether (sulfide) groups is 1. The van der Waals surface area contributed by atoms with Crippen LogP contribution in [0.1, 0.15) is 0 Å². The first kappa shape index (κ1) is 10.3. The van der Waals surface area contributed by atoms with E-state index in [1.165, 1.54) is 17.2 Å². The van der Waals surface area contributed by atoms with Gasteiger partial charge in [0.25, 0.3) is 0 Å². The van der Waals surface area contributed by atoms with Crippen molar-refractivity contribution in [2.45, 2.75) is 4.90 Å². The maximum absolute atomic E-state index is 9.95. The van der Waals surface area contributed by atoms with Crippen molar-refractivity contribution < 1.29 is 4.92 Å². The molecule has 0 spiro atoms. The van der Waals surface area contributed by atoms with E-state index in [0.29, 0.717) is 0 Å². The number of hydrogen-bond donors (Lipinski definition) is 0. The van der Waals surface area contributed by atoms with Gasteiger partial charge >= 0.3 is 0 Å². The number of hydrogen-bond acceptors (Lipinski definition) is 3. The molecule has 1 rings (SSSR count). The quantitative estimate of drug-likeness (QED) is 0.475. The highest BCUT2D eigenvalue weighted by molar-refractivity contribution is 9.10. The van der Waals surface area contributed by atoms with Crippen LogP contribution in [0.15, 0.2) is 45.2 Å². The van der Waals surface area contributed by atoms with Crippen molar-refractivity contribution in [1.82, 2.24) is 0 Å². The Morgan fingerprint density at radius 2 is 2.31 bits per heavy atom. The maximum Gasteiger partial charge on any atom is 0.241 e. The van der Waals surface area contributed by atoms with Gasteiger partial charge in [-0.2, -0.15) is 0 Å². The second-order valence-electron chi connectivity index (χ2n) is 2.15. The summed E-state index contributed by atoms with van der Waals surface area (Å²) in [6, 6.07) is 7.57. The monoisotopic (exact) mass is 259 g/mol. The molecule has 0 bridgehead atoms. The number of nitrogens with zero attached hydrogens (tertiary/aromatic N) is 1. The Labute approximate surface area is 88.1 Å². The van der Waals surface area contributed by atoms with Crippen LogP contribution in [0.3, 0.4) is 0 Å². The standard InChI is InChI=1S/C8H6BrNO2S/c9-7-2-1-3-8(6-7)13-5-4-10(11)12/h1-6H. The minimum atomic E-state index is -0.481. The smallest absolute Gasteiger partial charge is 0.241 e. The topological polar surface area (TPSA) is 43.1 Å². The van der Waals surface area contributed by atoms with E-state index in [1.54, 1.807) is 0 Å². The van der Waals surface area contributed by atoms with Crippen molar-refractivity contribution in [3.05, 3.63) is 50.5 Å². The molecule has 13 heavy (non-hydrogen) atoms. The average Bonchev–Trinajstić information content (AvgIpc) is 2.03. The Hall–Kier alpha value is -0.810. The van der Waals surface area contributed by atoms with Crippen molar-refractivity contribution in [2.24, 2.45) is 0 Å². The van der Waals surface area contributed by atoms with Gasteiger partial charge in [0.1, 0.15) is 0 Å². The summed E-state index contributed by atoms with van der Waals surface area (Å²) < 4.78 is 0.965. The van der Waals surface area contributed by atoms with E-state index in [1.807, 2.05) is 24.3 Å². The minimum Gasteiger partial charge on any atom is -0.259 e. The third-order valence-electron chi connectivity index (χ3n) is 1.18. The largest absolute Gasteiger partial charge is 0.259 e. The second kappa shape index (κ2) is 5.04. The molecule has 3 nitrogen and oxygen atoms in total. The zero-order chi connectivity index (χ0) is 9.68. The maximum atomic E-state index is 9.95. The lowest BCUT2D eigenvalue weighted by atomic mass is 10.4. The first-order valence-electron chi connectivity index (χ1n) is 3.41. The molecule has 0 aliphatic heterocycles. The van der Waals surface area contributed by atoms with Crippen molar-refractivity contribution >= 4 is 27.7 Å². The van der Waals surface area contributed by atoms with Crippen molar-refractivity contribution in [2.75, 3.05) is 0 Å². The predicted octanol–water partition coefficient (Wildman–Crippen LogP) is 3.29. The summed E-state index contributed by atoms with van der Waals surface area (Å²) in [6.45, 7) is 0. The number of benzene rings is 1. The van der Waals surface area contributed by atoms with Gasteiger partial charge in [0.2, 0.25) is 6.20 Å². The number of nitro groups is 1. The molecule has 5 heteroatoms. The third kappa shape index (κ3) is 4.10. The molecule has 68 valence electrons. The van der Waals surface area contributed by atoms with Gasteiger partial charge in [-0.25, -0.2) is 0 Å². The Balaban J connectivity index is 2.59. The highest BCUT2D eigenvalue weighted by atomic mass is 79.9. The SMILES string of the molecule is O=[N+]([O-])C=CSc1cccc(Br)c1. The van der Waals surface area contributed by atoms with Gasteiger partial charge in [0, 0.05) is 14.8 Å². The van der Waals surface area contributed by atoms with Crippen LogP contribution < -0.4 is 0 Å². The van der Waals surface area contributed by atoms with Crippen LogP contribution >= 0.6 is 27.7 Å². The summed E-state index contributed by atoms with van der Waals surface area (Å²) in [4.78, 5) is 10.4. The average molecular weight is 260 g/mol. The van der Waals surface area contributed by atoms with Crippen LogP contribution in [-0.4, -0.2) is 4.92 Å². The lowest BCUT2D eigenvalue weighted by Crippen LogP contribution is -1.80. The van der Waals surface area contributed by atoms with E-state index >= 15 is 0 Å². The Morgan fingerprint density at radius 1 is 1.54 bits per heavy atom. The molecule has 0 fully saturated rings. The fourth-order valence-corrected chi connectivity index (χ4v) is 1.92. The second-order valence-corrected chi connectivity index (χ2v) is 4.04. The predicted molar refractivity (Wildman–Crippen MR) is 56.1 cm³/mol. The van der Waals surface area contributed by atoms with Crippen LogP contribution in [0.25, 0.3) is 0 Å².